The maximum Gasteiger partial charge on any atom is 0.272 e. The lowest BCUT2D eigenvalue weighted by molar-refractivity contribution is 0.0927. The van der Waals surface area contributed by atoms with Crippen molar-refractivity contribution in [2.75, 3.05) is 13.1 Å². The number of nitrogens with zero attached hydrogens (tertiary/aromatic N) is 1. The van der Waals surface area contributed by atoms with Gasteiger partial charge in [-0.2, -0.15) is 5.10 Å². The normalized spacial score (nSPS) is 15.2. The standard InChI is InChI=1S/C21H31N5O/c1-4-21(5-2,24-15(3)16-9-7-6-8-10-16)14-23-20(27)19-17-13-22-12-11-18(17)25-26-19/h6-10,15,22,24H,4-5,11-14H2,1-3H3,(H,23,27)(H,25,26). The van der Waals surface area contributed by atoms with Gasteiger partial charge in [0, 0.05) is 48.9 Å². The van der Waals surface area contributed by atoms with E-state index in [-0.39, 0.29) is 17.5 Å². The number of benzene rings is 1. The fraction of sp³-hybridized carbons (Fsp3) is 0.524. The third-order valence-electron chi connectivity index (χ3n) is 5.78. The molecule has 0 radical (unpaired) electrons. The molecule has 1 aliphatic rings. The maximum atomic E-state index is 12.8. The first-order valence-corrected chi connectivity index (χ1v) is 9.96. The zero-order chi connectivity index (χ0) is 19.3. The number of aromatic nitrogens is 2. The molecule has 1 aromatic heterocycles. The van der Waals surface area contributed by atoms with E-state index in [1.807, 2.05) is 6.07 Å². The van der Waals surface area contributed by atoms with Gasteiger partial charge in [0.05, 0.1) is 0 Å². The first kappa shape index (κ1) is 19.6. The zero-order valence-electron chi connectivity index (χ0n) is 16.6. The molecule has 1 unspecified atom stereocenters. The highest BCUT2D eigenvalue weighted by atomic mass is 16.1. The van der Waals surface area contributed by atoms with E-state index in [9.17, 15) is 4.79 Å². The van der Waals surface area contributed by atoms with Gasteiger partial charge in [-0.15, -0.1) is 0 Å². The van der Waals surface area contributed by atoms with E-state index in [0.717, 1.165) is 37.1 Å². The van der Waals surface area contributed by atoms with Gasteiger partial charge in [0.1, 0.15) is 0 Å². The first-order valence-electron chi connectivity index (χ1n) is 9.96. The quantitative estimate of drug-likeness (QED) is 0.577. The number of nitrogens with one attached hydrogen (secondary N) is 4. The second kappa shape index (κ2) is 8.67. The van der Waals surface area contributed by atoms with Crippen LogP contribution in [0.5, 0.6) is 0 Å². The number of hydrogen-bond donors (Lipinski definition) is 4. The lowest BCUT2D eigenvalue weighted by Gasteiger charge is -2.36. The van der Waals surface area contributed by atoms with Crippen LogP contribution in [0.1, 0.15) is 67.0 Å². The lowest BCUT2D eigenvalue weighted by Crippen LogP contribution is -2.53. The lowest BCUT2D eigenvalue weighted by atomic mass is 9.90. The van der Waals surface area contributed by atoms with Crippen molar-refractivity contribution in [3.63, 3.8) is 0 Å². The molecule has 1 amide bonds. The van der Waals surface area contributed by atoms with Crippen LogP contribution in [0.3, 0.4) is 0 Å². The highest BCUT2D eigenvalue weighted by molar-refractivity contribution is 5.94. The Kier molecular flexibility index (Phi) is 6.29. The fourth-order valence-corrected chi connectivity index (χ4v) is 3.79. The summed E-state index contributed by atoms with van der Waals surface area (Å²) in [4.78, 5) is 12.8. The molecule has 0 bridgehead atoms. The number of aromatic amines is 1. The van der Waals surface area contributed by atoms with E-state index >= 15 is 0 Å². The summed E-state index contributed by atoms with van der Waals surface area (Å²) >= 11 is 0. The Hall–Kier alpha value is -2.18. The second-order valence-corrected chi connectivity index (χ2v) is 7.40. The molecule has 0 spiro atoms. The minimum atomic E-state index is -0.153. The van der Waals surface area contributed by atoms with Gasteiger partial charge in [0.2, 0.25) is 0 Å². The van der Waals surface area contributed by atoms with Crippen LogP contribution in [0.25, 0.3) is 0 Å². The molecular weight excluding hydrogens is 338 g/mol. The molecule has 6 heteroatoms. The predicted molar refractivity (Wildman–Crippen MR) is 108 cm³/mol. The number of rotatable bonds is 8. The van der Waals surface area contributed by atoms with Gasteiger partial charge in [-0.05, 0) is 25.3 Å². The molecular formula is C21H31N5O. The number of fused-ring (bicyclic) bond motifs is 1. The van der Waals surface area contributed by atoms with Crippen LogP contribution in [-0.4, -0.2) is 34.7 Å². The minimum Gasteiger partial charge on any atom is -0.349 e. The smallest absolute Gasteiger partial charge is 0.272 e. The summed E-state index contributed by atoms with van der Waals surface area (Å²) in [5, 5.41) is 17.5. The number of amides is 1. The van der Waals surface area contributed by atoms with Crippen molar-refractivity contribution in [3.05, 3.63) is 52.8 Å². The van der Waals surface area contributed by atoms with Crippen molar-refractivity contribution in [2.45, 2.75) is 58.2 Å². The molecule has 0 fully saturated rings. The summed E-state index contributed by atoms with van der Waals surface area (Å²) in [6.45, 7) is 8.70. The highest BCUT2D eigenvalue weighted by Crippen LogP contribution is 2.22. The Labute approximate surface area is 161 Å². The average molecular weight is 370 g/mol. The van der Waals surface area contributed by atoms with Crippen molar-refractivity contribution < 1.29 is 4.79 Å². The van der Waals surface area contributed by atoms with Crippen molar-refractivity contribution in [3.8, 4) is 0 Å². The molecule has 3 rings (SSSR count). The number of carbonyl (C=O) groups excluding carboxylic acids is 1. The van der Waals surface area contributed by atoms with Crippen LogP contribution < -0.4 is 16.0 Å². The summed E-state index contributed by atoms with van der Waals surface area (Å²) in [6.07, 6.45) is 2.75. The molecule has 27 heavy (non-hydrogen) atoms. The van der Waals surface area contributed by atoms with E-state index in [4.69, 9.17) is 0 Å². The molecule has 6 nitrogen and oxygen atoms in total. The van der Waals surface area contributed by atoms with Gasteiger partial charge < -0.3 is 16.0 Å². The summed E-state index contributed by atoms with van der Waals surface area (Å²) in [7, 11) is 0. The Morgan fingerprint density at radius 2 is 2.00 bits per heavy atom. The molecule has 4 N–H and O–H groups in total. The summed E-state index contributed by atoms with van der Waals surface area (Å²) in [6, 6.07) is 10.6. The number of hydrogen-bond acceptors (Lipinski definition) is 4. The predicted octanol–water partition coefficient (Wildman–Crippen LogP) is 2.69. The number of carbonyl (C=O) groups is 1. The van der Waals surface area contributed by atoms with E-state index in [1.165, 1.54) is 5.56 Å². The first-order chi connectivity index (χ1) is 13.1. The Morgan fingerprint density at radius 3 is 2.70 bits per heavy atom. The van der Waals surface area contributed by atoms with Crippen molar-refractivity contribution >= 4 is 5.91 Å². The van der Waals surface area contributed by atoms with Crippen LogP contribution in [-0.2, 0) is 13.0 Å². The molecule has 2 heterocycles. The second-order valence-electron chi connectivity index (χ2n) is 7.40. The van der Waals surface area contributed by atoms with Crippen molar-refractivity contribution in [1.29, 1.82) is 0 Å². The van der Waals surface area contributed by atoms with Gasteiger partial charge in [-0.3, -0.25) is 9.89 Å². The molecule has 1 atom stereocenters. The van der Waals surface area contributed by atoms with Crippen LogP contribution in [0.2, 0.25) is 0 Å². The van der Waals surface area contributed by atoms with Gasteiger partial charge in [-0.25, -0.2) is 0 Å². The molecule has 0 aliphatic carbocycles. The summed E-state index contributed by atoms with van der Waals surface area (Å²) in [5.74, 6) is -0.100. The Balaban J connectivity index is 1.67. The highest BCUT2D eigenvalue weighted by Gasteiger charge is 2.30. The van der Waals surface area contributed by atoms with Crippen LogP contribution in [0, 0.1) is 0 Å². The third kappa shape index (κ3) is 4.39. The largest absolute Gasteiger partial charge is 0.349 e. The number of H-pyrrole nitrogens is 1. The fourth-order valence-electron chi connectivity index (χ4n) is 3.79. The van der Waals surface area contributed by atoms with Gasteiger partial charge in [0.15, 0.2) is 5.69 Å². The van der Waals surface area contributed by atoms with Crippen LogP contribution in [0.15, 0.2) is 30.3 Å². The van der Waals surface area contributed by atoms with E-state index in [1.54, 1.807) is 0 Å². The molecule has 1 aliphatic heterocycles. The Morgan fingerprint density at radius 1 is 1.26 bits per heavy atom. The van der Waals surface area contributed by atoms with E-state index in [2.05, 4.69) is 71.2 Å². The van der Waals surface area contributed by atoms with Crippen molar-refractivity contribution in [2.24, 2.45) is 0 Å². The third-order valence-corrected chi connectivity index (χ3v) is 5.78. The van der Waals surface area contributed by atoms with Gasteiger partial charge in [0.25, 0.3) is 5.91 Å². The summed E-state index contributed by atoms with van der Waals surface area (Å²) < 4.78 is 0. The van der Waals surface area contributed by atoms with Crippen molar-refractivity contribution in [1.82, 2.24) is 26.1 Å². The average Bonchev–Trinajstić information content (AvgIpc) is 3.16. The molecule has 0 saturated carbocycles. The zero-order valence-corrected chi connectivity index (χ0v) is 16.6. The van der Waals surface area contributed by atoms with Gasteiger partial charge >= 0.3 is 0 Å². The van der Waals surface area contributed by atoms with E-state index < -0.39 is 0 Å². The summed E-state index contributed by atoms with van der Waals surface area (Å²) in [5.41, 5.74) is 3.70. The monoisotopic (exact) mass is 369 g/mol. The topological polar surface area (TPSA) is 81.8 Å². The molecule has 2 aromatic rings. The van der Waals surface area contributed by atoms with Crippen LogP contribution in [0.4, 0.5) is 0 Å². The molecule has 146 valence electrons. The Bertz CT molecular complexity index is 751. The maximum absolute atomic E-state index is 12.8. The van der Waals surface area contributed by atoms with E-state index in [0.29, 0.717) is 18.8 Å². The SMILES string of the molecule is CCC(CC)(CNC(=O)c1n[nH]c2c1CNCC2)NC(C)c1ccccc1. The minimum absolute atomic E-state index is 0.100. The van der Waals surface area contributed by atoms with Crippen LogP contribution >= 0.6 is 0 Å². The molecule has 1 aromatic carbocycles. The van der Waals surface area contributed by atoms with Gasteiger partial charge in [-0.1, -0.05) is 44.2 Å². The molecule has 0 saturated heterocycles.